The molecule has 25 heavy (non-hydrogen) atoms. The highest BCUT2D eigenvalue weighted by atomic mass is 19.1. The number of primary amides is 1. The van der Waals surface area contributed by atoms with Gasteiger partial charge in [-0.3, -0.25) is 9.69 Å². The summed E-state index contributed by atoms with van der Waals surface area (Å²) in [5.41, 5.74) is 7.42. The molecule has 0 bridgehead atoms. The molecule has 0 radical (unpaired) electrons. The Kier molecular flexibility index (Phi) is 5.66. The Hall–Kier alpha value is -2.40. The molecule has 1 atom stereocenters. The molecule has 4 nitrogen and oxygen atoms in total. The van der Waals surface area contributed by atoms with E-state index in [1.165, 1.54) is 12.1 Å². The first-order valence-electron chi connectivity index (χ1n) is 8.61. The molecule has 0 spiro atoms. The minimum absolute atomic E-state index is 0.169. The normalized spacial score (nSPS) is 18.0. The molecule has 0 unspecified atom stereocenters. The van der Waals surface area contributed by atoms with Crippen LogP contribution < -0.4 is 10.5 Å². The predicted octanol–water partition coefficient (Wildman–Crippen LogP) is 3.24. The van der Waals surface area contributed by atoms with Crippen molar-refractivity contribution in [1.29, 1.82) is 0 Å². The molecule has 1 fully saturated rings. The number of likely N-dealkylation sites (tertiary alicyclic amines) is 1. The quantitative estimate of drug-likeness (QED) is 0.877. The number of carbonyl (C=O) groups excluding carboxylic acids is 1. The molecule has 132 valence electrons. The zero-order valence-electron chi connectivity index (χ0n) is 14.2. The van der Waals surface area contributed by atoms with E-state index in [1.807, 2.05) is 30.3 Å². The molecule has 1 aliphatic heterocycles. The lowest BCUT2D eigenvalue weighted by Gasteiger charge is -2.33. The molecule has 0 aliphatic carbocycles. The van der Waals surface area contributed by atoms with Crippen LogP contribution in [0.1, 0.15) is 30.4 Å². The fourth-order valence-electron chi connectivity index (χ4n) is 3.22. The minimum Gasteiger partial charge on any atom is -0.489 e. The largest absolute Gasteiger partial charge is 0.489 e. The highest BCUT2D eigenvalue weighted by Crippen LogP contribution is 2.21. The van der Waals surface area contributed by atoms with Crippen LogP contribution >= 0.6 is 0 Å². The lowest BCUT2D eigenvalue weighted by Crippen LogP contribution is -2.47. The smallest absolute Gasteiger partial charge is 0.234 e. The monoisotopic (exact) mass is 342 g/mol. The summed E-state index contributed by atoms with van der Waals surface area (Å²) in [7, 11) is 0. The molecular weight excluding hydrogens is 319 g/mol. The summed E-state index contributed by atoms with van der Waals surface area (Å²) in [6, 6.07) is 14.0. The number of nitrogens with zero attached hydrogens (tertiary/aromatic N) is 1. The fourth-order valence-corrected chi connectivity index (χ4v) is 3.22. The van der Waals surface area contributed by atoms with Crippen molar-refractivity contribution in [3.8, 4) is 5.75 Å². The second kappa shape index (κ2) is 8.12. The van der Waals surface area contributed by atoms with Gasteiger partial charge in [0.1, 0.15) is 18.2 Å². The van der Waals surface area contributed by atoms with Crippen molar-refractivity contribution in [2.75, 3.05) is 6.54 Å². The van der Waals surface area contributed by atoms with Crippen LogP contribution in [-0.2, 0) is 17.9 Å². The highest BCUT2D eigenvalue weighted by molar-refractivity contribution is 5.79. The van der Waals surface area contributed by atoms with Gasteiger partial charge in [0.2, 0.25) is 5.91 Å². The van der Waals surface area contributed by atoms with Crippen LogP contribution in [0.25, 0.3) is 0 Å². The van der Waals surface area contributed by atoms with E-state index >= 15 is 0 Å². The van der Waals surface area contributed by atoms with Crippen LogP contribution in [0.3, 0.4) is 0 Å². The molecule has 2 aromatic rings. The Balaban J connectivity index is 1.57. The summed E-state index contributed by atoms with van der Waals surface area (Å²) in [6.45, 7) is 1.93. The van der Waals surface area contributed by atoms with E-state index in [0.717, 1.165) is 42.7 Å². The summed E-state index contributed by atoms with van der Waals surface area (Å²) in [4.78, 5) is 13.7. The van der Waals surface area contributed by atoms with Crippen LogP contribution in [0.4, 0.5) is 4.39 Å². The molecule has 0 saturated carbocycles. The third-order valence-electron chi connectivity index (χ3n) is 4.55. The van der Waals surface area contributed by atoms with Gasteiger partial charge in [-0.25, -0.2) is 4.39 Å². The van der Waals surface area contributed by atoms with Gasteiger partial charge in [-0.1, -0.05) is 30.7 Å². The summed E-state index contributed by atoms with van der Waals surface area (Å²) in [5.74, 6) is 0.231. The topological polar surface area (TPSA) is 55.6 Å². The number of nitrogens with two attached hydrogens (primary N) is 1. The van der Waals surface area contributed by atoms with Crippen LogP contribution in [0, 0.1) is 5.82 Å². The van der Waals surface area contributed by atoms with E-state index in [4.69, 9.17) is 10.5 Å². The number of rotatable bonds is 6. The van der Waals surface area contributed by atoms with Gasteiger partial charge in [0.05, 0.1) is 6.04 Å². The molecule has 1 heterocycles. The molecule has 5 heteroatoms. The lowest BCUT2D eigenvalue weighted by atomic mass is 10.0. The molecule has 0 aromatic heterocycles. The molecule has 2 aromatic carbocycles. The van der Waals surface area contributed by atoms with Crippen molar-refractivity contribution in [1.82, 2.24) is 4.90 Å². The average Bonchev–Trinajstić information content (AvgIpc) is 2.61. The van der Waals surface area contributed by atoms with Crippen molar-refractivity contribution < 1.29 is 13.9 Å². The molecule has 1 amide bonds. The second-order valence-corrected chi connectivity index (χ2v) is 6.45. The maximum atomic E-state index is 13.2. The van der Waals surface area contributed by atoms with Crippen molar-refractivity contribution in [2.24, 2.45) is 5.73 Å². The molecule has 1 aliphatic rings. The minimum atomic E-state index is -0.262. The zero-order chi connectivity index (χ0) is 17.6. The Labute approximate surface area is 147 Å². The average molecular weight is 342 g/mol. The lowest BCUT2D eigenvalue weighted by molar-refractivity contribution is -0.124. The van der Waals surface area contributed by atoms with E-state index in [2.05, 4.69) is 4.90 Å². The Morgan fingerprint density at radius 3 is 2.68 bits per heavy atom. The standard InChI is InChI=1S/C20H23FN2O2/c21-17-5-3-4-16(12-17)14-25-18-9-7-15(8-10-18)13-23-11-2-1-6-19(23)20(22)24/h3-5,7-10,12,19H,1-2,6,11,13-14H2,(H2,22,24)/t19-/m0/s1. The van der Waals surface area contributed by atoms with Gasteiger partial charge in [-0.05, 0) is 54.8 Å². The highest BCUT2D eigenvalue weighted by Gasteiger charge is 2.26. The number of amides is 1. The van der Waals surface area contributed by atoms with Crippen molar-refractivity contribution >= 4 is 5.91 Å². The van der Waals surface area contributed by atoms with Gasteiger partial charge < -0.3 is 10.5 Å². The maximum Gasteiger partial charge on any atom is 0.234 e. The third-order valence-corrected chi connectivity index (χ3v) is 4.55. The number of halogens is 1. The Bertz CT molecular complexity index is 718. The number of ether oxygens (including phenoxy) is 1. The van der Waals surface area contributed by atoms with Crippen molar-refractivity contribution in [3.05, 3.63) is 65.5 Å². The number of hydrogen-bond donors (Lipinski definition) is 1. The zero-order valence-corrected chi connectivity index (χ0v) is 14.2. The first kappa shape index (κ1) is 17.4. The first-order chi connectivity index (χ1) is 12.1. The van der Waals surface area contributed by atoms with Gasteiger partial charge in [0.25, 0.3) is 0 Å². The third kappa shape index (κ3) is 4.79. The first-order valence-corrected chi connectivity index (χ1v) is 8.61. The van der Waals surface area contributed by atoms with Gasteiger partial charge in [-0.15, -0.1) is 0 Å². The van der Waals surface area contributed by atoms with Gasteiger partial charge in [0.15, 0.2) is 0 Å². The number of piperidine rings is 1. The van der Waals surface area contributed by atoms with Crippen LogP contribution in [0.2, 0.25) is 0 Å². The van der Waals surface area contributed by atoms with E-state index in [9.17, 15) is 9.18 Å². The summed E-state index contributed by atoms with van der Waals surface area (Å²) >= 11 is 0. The van der Waals surface area contributed by atoms with Gasteiger partial charge in [-0.2, -0.15) is 0 Å². The Morgan fingerprint density at radius 1 is 1.16 bits per heavy atom. The van der Waals surface area contributed by atoms with Crippen molar-refractivity contribution in [2.45, 2.75) is 38.5 Å². The maximum absolute atomic E-state index is 13.2. The molecule has 1 saturated heterocycles. The molecule has 3 rings (SSSR count). The van der Waals surface area contributed by atoms with E-state index < -0.39 is 0 Å². The Morgan fingerprint density at radius 2 is 1.96 bits per heavy atom. The fraction of sp³-hybridized carbons (Fsp3) is 0.350. The molecular formula is C20H23FN2O2. The van der Waals surface area contributed by atoms with Gasteiger partial charge in [0, 0.05) is 6.54 Å². The number of benzene rings is 2. The van der Waals surface area contributed by atoms with Crippen molar-refractivity contribution in [3.63, 3.8) is 0 Å². The predicted molar refractivity (Wildman–Crippen MR) is 94.4 cm³/mol. The van der Waals surface area contributed by atoms with Crippen LogP contribution in [0.5, 0.6) is 5.75 Å². The SMILES string of the molecule is NC(=O)[C@@H]1CCCCN1Cc1ccc(OCc2cccc(F)c2)cc1. The van der Waals surface area contributed by atoms with Crippen LogP contribution in [0.15, 0.2) is 48.5 Å². The summed E-state index contributed by atoms with van der Waals surface area (Å²) < 4.78 is 18.9. The second-order valence-electron chi connectivity index (χ2n) is 6.45. The summed E-state index contributed by atoms with van der Waals surface area (Å²) in [5, 5.41) is 0. The number of carbonyl (C=O) groups is 1. The van der Waals surface area contributed by atoms with E-state index in [0.29, 0.717) is 13.2 Å². The van der Waals surface area contributed by atoms with Gasteiger partial charge >= 0.3 is 0 Å². The van der Waals surface area contributed by atoms with E-state index in [1.54, 1.807) is 6.07 Å². The van der Waals surface area contributed by atoms with Crippen LogP contribution in [-0.4, -0.2) is 23.4 Å². The number of hydrogen-bond acceptors (Lipinski definition) is 3. The molecule has 2 N–H and O–H groups in total. The van der Waals surface area contributed by atoms with E-state index in [-0.39, 0.29) is 17.8 Å². The summed E-state index contributed by atoms with van der Waals surface area (Å²) in [6.07, 6.45) is 2.99.